The number of likely N-dealkylation sites (tertiary alicyclic amines) is 1. The number of quaternary nitrogens is 1. The van der Waals surface area contributed by atoms with Crippen LogP contribution in [0.25, 0.3) is 0 Å². The van der Waals surface area contributed by atoms with Gasteiger partial charge >= 0.3 is 0 Å². The summed E-state index contributed by atoms with van der Waals surface area (Å²) in [5.74, 6) is 1.88. The molecular formula is C30H42N3O+. The number of nitrogens with one attached hydrogen (secondary N) is 1. The number of carbonyl (C=O) groups excluding carboxylic acids is 1. The Morgan fingerprint density at radius 1 is 1.09 bits per heavy atom. The summed E-state index contributed by atoms with van der Waals surface area (Å²) < 4.78 is 0. The van der Waals surface area contributed by atoms with Crippen LogP contribution in [0, 0.1) is 18.8 Å². The molecule has 4 nitrogen and oxygen atoms in total. The van der Waals surface area contributed by atoms with Crippen molar-refractivity contribution < 1.29 is 10.1 Å². The van der Waals surface area contributed by atoms with Gasteiger partial charge in [0.25, 0.3) is 0 Å². The van der Waals surface area contributed by atoms with Crippen molar-refractivity contribution in [2.75, 3.05) is 19.6 Å². The van der Waals surface area contributed by atoms with Crippen LogP contribution in [0.5, 0.6) is 0 Å². The molecule has 1 saturated carbocycles. The molecule has 4 aliphatic rings. The first-order valence-electron chi connectivity index (χ1n) is 14.0. The van der Waals surface area contributed by atoms with E-state index in [4.69, 9.17) is 0 Å². The van der Waals surface area contributed by atoms with Crippen LogP contribution in [0.15, 0.2) is 36.4 Å². The summed E-state index contributed by atoms with van der Waals surface area (Å²) in [4.78, 5) is 20.5. The molecule has 1 aromatic heterocycles. The molecule has 6 rings (SSSR count). The fraction of sp³-hybridized carbons (Fsp3) is 0.633. The van der Waals surface area contributed by atoms with E-state index in [1.807, 2.05) is 0 Å². The number of fused-ring (bicyclic) bond motifs is 2. The molecular weight excluding hydrogens is 418 g/mol. The number of aryl methyl sites for hydroxylation is 2. The van der Waals surface area contributed by atoms with Gasteiger partial charge in [0.2, 0.25) is 5.91 Å². The van der Waals surface area contributed by atoms with Crippen molar-refractivity contribution in [3.05, 3.63) is 58.9 Å². The highest BCUT2D eigenvalue weighted by molar-refractivity contribution is 5.82. The van der Waals surface area contributed by atoms with Gasteiger partial charge in [-0.1, -0.05) is 49.6 Å². The van der Waals surface area contributed by atoms with E-state index < -0.39 is 0 Å². The van der Waals surface area contributed by atoms with Gasteiger partial charge < -0.3 is 15.2 Å². The van der Waals surface area contributed by atoms with Gasteiger partial charge in [-0.3, -0.25) is 4.79 Å². The zero-order valence-corrected chi connectivity index (χ0v) is 20.9. The minimum Gasteiger partial charge on any atom is -0.362 e. The van der Waals surface area contributed by atoms with Crippen molar-refractivity contribution in [2.24, 2.45) is 11.8 Å². The first-order chi connectivity index (χ1) is 16.7. The number of hydrogen-bond acceptors (Lipinski definition) is 1. The summed E-state index contributed by atoms with van der Waals surface area (Å²) in [5, 5.41) is 2.44. The highest BCUT2D eigenvalue weighted by Crippen LogP contribution is 2.46. The monoisotopic (exact) mass is 460 g/mol. The molecule has 182 valence electrons. The van der Waals surface area contributed by atoms with Crippen LogP contribution in [0.4, 0.5) is 0 Å². The molecule has 0 bridgehead atoms. The average molecular weight is 461 g/mol. The van der Waals surface area contributed by atoms with E-state index in [0.29, 0.717) is 23.8 Å². The smallest absolute Gasteiger partial charge is 0.232 e. The fourth-order valence-corrected chi connectivity index (χ4v) is 8.25. The maximum atomic E-state index is 14.5. The lowest BCUT2D eigenvalue weighted by molar-refractivity contribution is -0.640. The summed E-state index contributed by atoms with van der Waals surface area (Å²) in [6, 6.07) is 13.9. The molecule has 34 heavy (non-hydrogen) atoms. The second-order valence-corrected chi connectivity index (χ2v) is 11.8. The molecule has 2 aliphatic heterocycles. The molecule has 1 spiro atoms. The minimum absolute atomic E-state index is 0.0306. The molecule has 0 radical (unpaired) electrons. The van der Waals surface area contributed by atoms with Gasteiger partial charge in [-0.05, 0) is 80.9 Å². The lowest BCUT2D eigenvalue weighted by Crippen LogP contribution is -2.82. The van der Waals surface area contributed by atoms with E-state index in [1.54, 1.807) is 0 Å². The summed E-state index contributed by atoms with van der Waals surface area (Å²) >= 11 is 0. The van der Waals surface area contributed by atoms with Crippen molar-refractivity contribution in [1.29, 1.82) is 0 Å². The Hall–Kier alpha value is -2.07. The second-order valence-electron chi connectivity index (χ2n) is 11.8. The molecule has 1 amide bonds. The molecule has 4 atom stereocenters. The molecule has 1 unspecified atom stereocenters. The van der Waals surface area contributed by atoms with Gasteiger partial charge in [0.15, 0.2) is 0 Å². The predicted molar refractivity (Wildman–Crippen MR) is 136 cm³/mol. The van der Waals surface area contributed by atoms with Crippen molar-refractivity contribution in [1.82, 2.24) is 9.88 Å². The van der Waals surface area contributed by atoms with Gasteiger partial charge in [0.1, 0.15) is 5.92 Å². The lowest BCUT2D eigenvalue weighted by Gasteiger charge is -2.47. The Morgan fingerprint density at radius 3 is 2.74 bits per heavy atom. The van der Waals surface area contributed by atoms with Gasteiger partial charge in [-0.25, -0.2) is 0 Å². The number of aromatic nitrogens is 1. The Labute approximate surface area is 204 Å². The standard InChI is InChI=1S/C30H41N3O/c1-21-17-25-27(32-21)13-8-15-30(25)20-31-19-26(30)29(34)33-16-14-24(22-9-4-2-5-10-22)18-28(33)23-11-6-3-7-12-23/h2,4-5,9-10,17,23-24,26,28,31-32H,3,6-8,11-16,18-20H2,1H3/p+1/t24-,26?,28+,30+/m1/s1. The molecule has 3 heterocycles. The Bertz CT molecular complexity index is 1010. The van der Waals surface area contributed by atoms with Crippen LogP contribution in [-0.4, -0.2) is 41.5 Å². The Balaban J connectivity index is 1.30. The molecule has 2 aromatic rings. The number of nitrogens with two attached hydrogens (primary N) is 1. The molecule has 2 saturated heterocycles. The number of amides is 1. The summed E-state index contributed by atoms with van der Waals surface area (Å²) in [5.41, 5.74) is 5.64. The van der Waals surface area contributed by atoms with Crippen LogP contribution in [0.1, 0.15) is 86.2 Å². The molecule has 3 N–H and O–H groups in total. The third-order valence-electron chi connectivity index (χ3n) is 9.89. The van der Waals surface area contributed by atoms with Crippen LogP contribution in [0.3, 0.4) is 0 Å². The maximum absolute atomic E-state index is 14.5. The zero-order valence-electron chi connectivity index (χ0n) is 20.9. The Morgan fingerprint density at radius 2 is 1.91 bits per heavy atom. The van der Waals surface area contributed by atoms with Gasteiger partial charge in [0.05, 0.1) is 18.5 Å². The van der Waals surface area contributed by atoms with Gasteiger partial charge in [-0.15, -0.1) is 0 Å². The molecule has 3 fully saturated rings. The number of benzene rings is 1. The van der Waals surface area contributed by atoms with Crippen LogP contribution in [0.2, 0.25) is 0 Å². The quantitative estimate of drug-likeness (QED) is 0.699. The number of H-pyrrole nitrogens is 1. The maximum Gasteiger partial charge on any atom is 0.232 e. The first-order valence-corrected chi connectivity index (χ1v) is 14.0. The number of rotatable bonds is 3. The summed E-state index contributed by atoms with van der Waals surface area (Å²) in [7, 11) is 0. The van der Waals surface area contributed by atoms with Crippen LogP contribution >= 0.6 is 0 Å². The highest BCUT2D eigenvalue weighted by Gasteiger charge is 2.55. The minimum atomic E-state index is 0.0306. The zero-order chi connectivity index (χ0) is 23.1. The highest BCUT2D eigenvalue weighted by atomic mass is 16.2. The van der Waals surface area contributed by atoms with E-state index in [9.17, 15) is 4.79 Å². The lowest BCUT2D eigenvalue weighted by atomic mass is 9.65. The Kier molecular flexibility index (Phi) is 6.05. The number of carbonyl (C=O) groups is 1. The first kappa shape index (κ1) is 22.4. The molecule has 2 aliphatic carbocycles. The number of hydrogen-bond donors (Lipinski definition) is 2. The van der Waals surface area contributed by atoms with Crippen molar-refractivity contribution in [2.45, 2.75) is 88.5 Å². The number of nitrogens with zero attached hydrogens (tertiary/aromatic N) is 1. The SMILES string of the molecule is Cc1cc2c([nH]1)CCC[C@]21C[NH2+]CC1C(=O)N1CC[C@@H](c2ccccc2)C[C@H]1C1CCCCC1. The van der Waals surface area contributed by atoms with Gasteiger partial charge in [-0.2, -0.15) is 0 Å². The van der Waals surface area contributed by atoms with Gasteiger partial charge in [0, 0.05) is 24.0 Å². The van der Waals surface area contributed by atoms with E-state index in [1.165, 1.54) is 67.5 Å². The largest absolute Gasteiger partial charge is 0.362 e. The van der Waals surface area contributed by atoms with Crippen molar-refractivity contribution in [3.63, 3.8) is 0 Å². The second kappa shape index (κ2) is 9.18. The van der Waals surface area contributed by atoms with Crippen molar-refractivity contribution in [3.8, 4) is 0 Å². The van der Waals surface area contributed by atoms with Crippen LogP contribution in [-0.2, 0) is 16.6 Å². The number of aromatic amines is 1. The average Bonchev–Trinajstić information content (AvgIpc) is 3.48. The molecule has 1 aromatic carbocycles. The molecule has 4 heteroatoms. The van der Waals surface area contributed by atoms with Crippen LogP contribution < -0.4 is 5.32 Å². The van der Waals surface area contributed by atoms with E-state index in [-0.39, 0.29) is 11.3 Å². The summed E-state index contributed by atoms with van der Waals surface area (Å²) in [6.07, 6.45) is 12.4. The van der Waals surface area contributed by atoms with E-state index in [0.717, 1.165) is 38.9 Å². The van der Waals surface area contributed by atoms with Crippen molar-refractivity contribution >= 4 is 5.91 Å². The fourth-order valence-electron chi connectivity index (χ4n) is 8.25. The third kappa shape index (κ3) is 3.82. The summed E-state index contributed by atoms with van der Waals surface area (Å²) in [6.45, 7) is 5.14. The normalized spacial score (nSPS) is 32.1. The van der Waals surface area contributed by atoms with E-state index >= 15 is 0 Å². The van der Waals surface area contributed by atoms with E-state index in [2.05, 4.69) is 58.5 Å². The third-order valence-corrected chi connectivity index (χ3v) is 9.89. The predicted octanol–water partition coefficient (Wildman–Crippen LogP) is 4.45. The topological polar surface area (TPSA) is 52.7 Å². The number of piperidine rings is 1.